The summed E-state index contributed by atoms with van der Waals surface area (Å²) >= 11 is 3.10. The minimum absolute atomic E-state index is 0.0221. The fourth-order valence-electron chi connectivity index (χ4n) is 2.19. The van der Waals surface area contributed by atoms with Crippen molar-refractivity contribution in [3.05, 3.63) is 46.6 Å². The first-order valence-corrected chi connectivity index (χ1v) is 7.41. The van der Waals surface area contributed by atoms with Gasteiger partial charge in [0, 0.05) is 0 Å². The van der Waals surface area contributed by atoms with Gasteiger partial charge in [-0.2, -0.15) is 13.2 Å². The van der Waals surface area contributed by atoms with Crippen molar-refractivity contribution < 1.29 is 22.9 Å². The summed E-state index contributed by atoms with van der Waals surface area (Å²) in [6.45, 7) is 0.0960. The third-order valence-electron chi connectivity index (χ3n) is 3.15. The number of imidazole rings is 1. The summed E-state index contributed by atoms with van der Waals surface area (Å²) in [6, 6.07) is 4.66. The lowest BCUT2D eigenvalue weighted by Crippen LogP contribution is -2.14. The summed E-state index contributed by atoms with van der Waals surface area (Å²) < 4.78 is 41.5. The van der Waals surface area contributed by atoms with Gasteiger partial charge in [0.05, 0.1) is 30.5 Å². The van der Waals surface area contributed by atoms with Gasteiger partial charge in [-0.15, -0.1) is 0 Å². The van der Waals surface area contributed by atoms with E-state index in [0.717, 1.165) is 4.57 Å². The first-order valence-electron chi connectivity index (χ1n) is 6.62. The molecule has 2 heterocycles. The number of fused-ring (bicyclic) bond motifs is 1. The van der Waals surface area contributed by atoms with E-state index in [1.807, 2.05) is 0 Å². The van der Waals surface area contributed by atoms with E-state index in [2.05, 4.69) is 35.8 Å². The van der Waals surface area contributed by atoms with Crippen LogP contribution in [0.25, 0.3) is 16.9 Å². The number of aromatic nitrogens is 4. The summed E-state index contributed by atoms with van der Waals surface area (Å²) in [5.41, 5.74) is 1.06. The molecule has 0 radical (unpaired) electrons. The van der Waals surface area contributed by atoms with E-state index in [1.54, 1.807) is 6.07 Å². The average molecular weight is 403 g/mol. The molecular formula is C14H10BrF3N4O2. The molecule has 0 spiro atoms. The minimum atomic E-state index is -4.64. The molecule has 3 rings (SSSR count). The summed E-state index contributed by atoms with van der Waals surface area (Å²) in [4.78, 5) is 20.9. The summed E-state index contributed by atoms with van der Waals surface area (Å²) in [6.07, 6.45) is -2.08. The predicted octanol–water partition coefficient (Wildman–Crippen LogP) is 3.67. The number of halogens is 4. The maximum atomic E-state index is 13.4. The van der Waals surface area contributed by atoms with Gasteiger partial charge in [0.2, 0.25) is 5.82 Å². The number of benzene rings is 1. The molecule has 1 aromatic carbocycles. The largest absolute Gasteiger partial charge is 0.450 e. The Balaban J connectivity index is 2.19. The van der Waals surface area contributed by atoms with Crippen LogP contribution in [0.5, 0.6) is 0 Å². The Hall–Kier alpha value is -2.04. The third-order valence-corrected chi connectivity index (χ3v) is 3.56. The molecule has 6 nitrogen and oxygen atoms in total. The van der Waals surface area contributed by atoms with Crippen molar-refractivity contribution in [2.45, 2.75) is 12.8 Å². The van der Waals surface area contributed by atoms with Gasteiger partial charge in [-0.3, -0.25) is 4.57 Å². The molecule has 0 bridgehead atoms. The van der Waals surface area contributed by atoms with E-state index in [9.17, 15) is 13.2 Å². The molecular weight excluding hydrogens is 393 g/mol. The highest BCUT2D eigenvalue weighted by molar-refractivity contribution is 9.10. The zero-order valence-electron chi connectivity index (χ0n) is 12.2. The Labute approximate surface area is 142 Å². The first-order chi connectivity index (χ1) is 11.4. The van der Waals surface area contributed by atoms with Crippen molar-refractivity contribution in [3.63, 3.8) is 0 Å². The molecule has 0 aliphatic carbocycles. The molecule has 0 fully saturated rings. The minimum Gasteiger partial charge on any atom is -0.271 e. The van der Waals surface area contributed by atoms with Crippen LogP contribution in [0.1, 0.15) is 11.4 Å². The van der Waals surface area contributed by atoms with Gasteiger partial charge in [0.15, 0.2) is 5.82 Å². The van der Waals surface area contributed by atoms with Crippen LogP contribution in [0.2, 0.25) is 0 Å². The number of nitrogens with zero attached hydrogens (tertiary/aromatic N) is 4. The number of hydrogen-bond donors (Lipinski definition) is 0. The number of rotatable bonds is 4. The second kappa shape index (κ2) is 6.46. The van der Waals surface area contributed by atoms with Crippen molar-refractivity contribution in [1.29, 1.82) is 0 Å². The van der Waals surface area contributed by atoms with E-state index in [-0.39, 0.29) is 23.5 Å². The molecule has 0 saturated heterocycles. The highest BCUT2D eigenvalue weighted by Gasteiger charge is 2.38. The Bertz CT molecular complexity index is 865. The zero-order valence-corrected chi connectivity index (χ0v) is 13.8. The molecule has 0 aliphatic rings. The molecule has 0 aliphatic heterocycles. The van der Waals surface area contributed by atoms with Gasteiger partial charge in [0.25, 0.3) is 0 Å². The van der Waals surface area contributed by atoms with Crippen LogP contribution in [0.15, 0.2) is 35.2 Å². The lowest BCUT2D eigenvalue weighted by atomic mass is 10.2. The maximum absolute atomic E-state index is 13.4. The quantitative estimate of drug-likeness (QED) is 0.492. The summed E-state index contributed by atoms with van der Waals surface area (Å²) in [5, 5.41) is 0. The smallest absolute Gasteiger partial charge is 0.271 e. The lowest BCUT2D eigenvalue weighted by molar-refractivity contribution is -0.282. The Morgan fingerprint density at radius 1 is 1.21 bits per heavy atom. The Morgan fingerprint density at radius 3 is 2.62 bits per heavy atom. The summed E-state index contributed by atoms with van der Waals surface area (Å²) in [7, 11) is 1.35. The van der Waals surface area contributed by atoms with E-state index in [0.29, 0.717) is 10.2 Å². The third kappa shape index (κ3) is 3.25. The highest BCUT2D eigenvalue weighted by atomic mass is 79.9. The van der Waals surface area contributed by atoms with E-state index < -0.39 is 12.0 Å². The molecule has 0 atom stereocenters. The molecule has 0 saturated carbocycles. The number of alkyl halides is 3. The van der Waals surface area contributed by atoms with Crippen LogP contribution in [-0.2, 0) is 22.6 Å². The van der Waals surface area contributed by atoms with Crippen molar-refractivity contribution >= 4 is 27.0 Å². The van der Waals surface area contributed by atoms with Crippen LogP contribution in [-0.4, -0.2) is 26.6 Å². The second-order valence-corrected chi connectivity index (χ2v) is 5.53. The van der Waals surface area contributed by atoms with E-state index >= 15 is 0 Å². The van der Waals surface area contributed by atoms with Gasteiger partial charge < -0.3 is 0 Å². The topological polar surface area (TPSA) is 62.1 Å². The fraction of sp³-hybridized carbons (Fsp3) is 0.214. The van der Waals surface area contributed by atoms with Crippen LogP contribution in [0.4, 0.5) is 13.2 Å². The average Bonchev–Trinajstić information content (AvgIpc) is 2.92. The Morgan fingerprint density at radius 2 is 2.00 bits per heavy atom. The van der Waals surface area contributed by atoms with Crippen LogP contribution >= 0.6 is 15.9 Å². The maximum Gasteiger partial charge on any atom is 0.450 e. The van der Waals surface area contributed by atoms with Crippen LogP contribution < -0.4 is 0 Å². The van der Waals surface area contributed by atoms with Crippen molar-refractivity contribution in [3.8, 4) is 5.82 Å². The fourth-order valence-corrected chi connectivity index (χ4v) is 2.39. The van der Waals surface area contributed by atoms with Gasteiger partial charge in [-0.05, 0) is 33.6 Å². The van der Waals surface area contributed by atoms with Crippen molar-refractivity contribution in [2.75, 3.05) is 7.11 Å². The number of hydrogen-bond acceptors (Lipinski definition) is 5. The zero-order chi connectivity index (χ0) is 17.3. The highest BCUT2D eigenvalue weighted by Crippen LogP contribution is 2.33. The molecule has 10 heteroatoms. The van der Waals surface area contributed by atoms with E-state index in [4.69, 9.17) is 4.89 Å². The van der Waals surface area contributed by atoms with E-state index in [1.165, 1.54) is 31.6 Å². The van der Waals surface area contributed by atoms with Crippen LogP contribution in [0.3, 0.4) is 0 Å². The molecule has 24 heavy (non-hydrogen) atoms. The molecule has 0 N–H and O–H groups in total. The van der Waals surface area contributed by atoms with Crippen LogP contribution in [0, 0.1) is 0 Å². The molecule has 0 amide bonds. The van der Waals surface area contributed by atoms with Gasteiger partial charge in [0.1, 0.15) is 11.2 Å². The summed E-state index contributed by atoms with van der Waals surface area (Å²) in [5.74, 6) is -1.05. The first kappa shape index (κ1) is 16.8. The molecule has 0 unspecified atom stereocenters. The standard InChI is InChI=1S/C14H10BrF3N4O2/c1-23-24-7-8-2-3-10-9(4-8)21-13(14(16,17)18)22(10)12-6-19-11(15)5-20-12/h2-6H,7H2,1H3. The lowest BCUT2D eigenvalue weighted by Gasteiger charge is -2.10. The monoisotopic (exact) mass is 402 g/mol. The molecule has 3 aromatic rings. The van der Waals surface area contributed by atoms with Crippen molar-refractivity contribution in [2.24, 2.45) is 0 Å². The van der Waals surface area contributed by atoms with Crippen molar-refractivity contribution in [1.82, 2.24) is 19.5 Å². The van der Waals surface area contributed by atoms with Gasteiger partial charge in [-0.25, -0.2) is 24.7 Å². The molecule has 2 aromatic heterocycles. The normalized spacial score (nSPS) is 12.0. The second-order valence-electron chi connectivity index (χ2n) is 4.72. The SMILES string of the molecule is COOCc1ccc2c(c1)nc(C(F)(F)F)n2-c1cnc(Br)cn1. The molecule has 126 valence electrons. The van der Waals surface area contributed by atoms with Gasteiger partial charge >= 0.3 is 6.18 Å². The Kier molecular flexibility index (Phi) is 4.52. The predicted molar refractivity (Wildman–Crippen MR) is 81.2 cm³/mol. The van der Waals surface area contributed by atoms with Gasteiger partial charge in [-0.1, -0.05) is 6.07 Å².